The highest BCUT2D eigenvalue weighted by molar-refractivity contribution is 9.10. The molecule has 2 aromatic rings. The van der Waals surface area contributed by atoms with E-state index in [4.69, 9.17) is 5.73 Å². The molecular weight excluding hydrogens is 403 g/mol. The number of rotatable bonds is 4. The van der Waals surface area contributed by atoms with Crippen molar-refractivity contribution in [2.24, 2.45) is 15.9 Å². The van der Waals surface area contributed by atoms with Crippen LogP contribution in [0.5, 0.6) is 0 Å². The number of thioether (sulfide) groups is 1. The van der Waals surface area contributed by atoms with E-state index in [9.17, 15) is 13.2 Å². The molecule has 0 unspecified atom stereocenters. The smallest absolute Gasteiger partial charge is 0.377 e. The molecule has 0 bridgehead atoms. The van der Waals surface area contributed by atoms with Crippen LogP contribution in [0, 0.1) is 0 Å². The van der Waals surface area contributed by atoms with Gasteiger partial charge in [-0.2, -0.15) is 18.3 Å². The first-order valence-electron chi connectivity index (χ1n) is 6.76. The number of benzene rings is 2. The molecule has 0 radical (unpaired) electrons. The van der Waals surface area contributed by atoms with Gasteiger partial charge in [-0.1, -0.05) is 58.0 Å². The van der Waals surface area contributed by atoms with Gasteiger partial charge in [0.1, 0.15) is 0 Å². The van der Waals surface area contributed by atoms with Crippen molar-refractivity contribution >= 4 is 39.1 Å². The zero-order valence-electron chi connectivity index (χ0n) is 12.3. The molecule has 2 rings (SSSR count). The third-order valence-corrected chi connectivity index (χ3v) is 4.25. The minimum Gasteiger partial charge on any atom is -0.377 e. The SMILES string of the molecule is NC(=NN=Cc1cc(Br)ccc1C(F)(F)F)SCc1ccccc1. The number of hydrogen-bond donors (Lipinski definition) is 1. The fourth-order valence-electron chi connectivity index (χ4n) is 1.81. The number of nitrogens with two attached hydrogens (primary N) is 1. The monoisotopic (exact) mass is 415 g/mol. The summed E-state index contributed by atoms with van der Waals surface area (Å²) in [5.74, 6) is 0.608. The Balaban J connectivity index is 2.06. The van der Waals surface area contributed by atoms with Gasteiger partial charge in [0, 0.05) is 15.8 Å². The van der Waals surface area contributed by atoms with Crippen molar-refractivity contribution in [3.05, 3.63) is 69.7 Å². The van der Waals surface area contributed by atoms with E-state index in [1.165, 1.54) is 23.9 Å². The Morgan fingerprint density at radius 1 is 1.17 bits per heavy atom. The first-order chi connectivity index (χ1) is 11.4. The van der Waals surface area contributed by atoms with Crippen molar-refractivity contribution in [3.8, 4) is 0 Å². The first kappa shape index (κ1) is 18.5. The number of nitrogens with zero attached hydrogens (tertiary/aromatic N) is 2. The van der Waals surface area contributed by atoms with Gasteiger partial charge >= 0.3 is 6.18 Å². The third kappa shape index (κ3) is 5.68. The molecule has 0 aliphatic carbocycles. The average Bonchev–Trinajstić information content (AvgIpc) is 2.53. The highest BCUT2D eigenvalue weighted by Gasteiger charge is 2.32. The van der Waals surface area contributed by atoms with Gasteiger partial charge in [-0.15, -0.1) is 5.10 Å². The van der Waals surface area contributed by atoms with E-state index >= 15 is 0 Å². The molecule has 0 aromatic heterocycles. The van der Waals surface area contributed by atoms with Crippen LogP contribution in [-0.2, 0) is 11.9 Å². The molecule has 0 atom stereocenters. The fraction of sp³-hybridized carbons (Fsp3) is 0.125. The molecule has 0 aliphatic rings. The van der Waals surface area contributed by atoms with Gasteiger partial charge in [0.25, 0.3) is 0 Å². The Kier molecular flexibility index (Phi) is 6.44. The first-order valence-corrected chi connectivity index (χ1v) is 8.54. The summed E-state index contributed by atoms with van der Waals surface area (Å²) < 4.78 is 39.3. The molecule has 2 N–H and O–H groups in total. The Labute approximate surface area is 150 Å². The van der Waals surface area contributed by atoms with Crippen molar-refractivity contribution in [2.75, 3.05) is 0 Å². The molecule has 0 amide bonds. The molecule has 0 spiro atoms. The fourth-order valence-corrected chi connectivity index (χ4v) is 2.80. The van der Waals surface area contributed by atoms with E-state index in [1.807, 2.05) is 30.3 Å². The van der Waals surface area contributed by atoms with E-state index in [-0.39, 0.29) is 10.7 Å². The van der Waals surface area contributed by atoms with Gasteiger partial charge in [-0.25, -0.2) is 0 Å². The van der Waals surface area contributed by atoms with Crippen molar-refractivity contribution in [1.29, 1.82) is 0 Å². The summed E-state index contributed by atoms with van der Waals surface area (Å²) in [6, 6.07) is 13.3. The summed E-state index contributed by atoms with van der Waals surface area (Å²) >= 11 is 4.40. The van der Waals surface area contributed by atoms with E-state index in [1.54, 1.807) is 0 Å². The van der Waals surface area contributed by atoms with Gasteiger partial charge in [0.2, 0.25) is 0 Å². The highest BCUT2D eigenvalue weighted by atomic mass is 79.9. The van der Waals surface area contributed by atoms with Crippen LogP contribution in [0.25, 0.3) is 0 Å². The average molecular weight is 416 g/mol. The molecular formula is C16H13BrF3N3S. The van der Waals surface area contributed by atoms with Crippen LogP contribution in [0.3, 0.4) is 0 Å². The topological polar surface area (TPSA) is 50.7 Å². The lowest BCUT2D eigenvalue weighted by atomic mass is 10.1. The molecule has 0 heterocycles. The van der Waals surface area contributed by atoms with Gasteiger partial charge in [0.05, 0.1) is 11.8 Å². The lowest BCUT2D eigenvalue weighted by molar-refractivity contribution is -0.137. The number of amidine groups is 1. The zero-order valence-corrected chi connectivity index (χ0v) is 14.7. The molecule has 0 saturated carbocycles. The Hall–Kier alpha value is -1.80. The van der Waals surface area contributed by atoms with E-state index in [0.717, 1.165) is 17.8 Å². The molecule has 0 fully saturated rings. The minimum atomic E-state index is -4.46. The van der Waals surface area contributed by atoms with Crippen molar-refractivity contribution in [3.63, 3.8) is 0 Å². The van der Waals surface area contributed by atoms with E-state index in [0.29, 0.717) is 10.2 Å². The minimum absolute atomic E-state index is 0.0820. The second-order valence-corrected chi connectivity index (χ2v) is 6.60. The number of halogens is 4. The van der Waals surface area contributed by atoms with Crippen LogP contribution in [0.1, 0.15) is 16.7 Å². The normalized spacial score (nSPS) is 12.8. The molecule has 0 aliphatic heterocycles. The van der Waals surface area contributed by atoms with E-state index in [2.05, 4.69) is 26.1 Å². The van der Waals surface area contributed by atoms with Gasteiger partial charge in [-0.05, 0) is 23.8 Å². The van der Waals surface area contributed by atoms with Gasteiger partial charge in [0.15, 0.2) is 5.17 Å². The number of alkyl halides is 3. The van der Waals surface area contributed by atoms with Gasteiger partial charge in [-0.3, -0.25) is 0 Å². The zero-order chi connectivity index (χ0) is 17.6. The standard InChI is InChI=1S/C16H13BrF3N3S/c17-13-6-7-14(16(18,19)20)12(8-13)9-22-23-15(21)24-10-11-4-2-1-3-5-11/h1-9H,10H2,(H2,21,23). The number of hydrogen-bond acceptors (Lipinski definition) is 3. The molecule has 0 saturated heterocycles. The molecule has 3 nitrogen and oxygen atoms in total. The van der Waals surface area contributed by atoms with Crippen LogP contribution < -0.4 is 5.73 Å². The second-order valence-electron chi connectivity index (χ2n) is 4.69. The lowest BCUT2D eigenvalue weighted by Crippen LogP contribution is -2.09. The summed E-state index contributed by atoms with van der Waals surface area (Å²) in [5, 5.41) is 7.58. The summed E-state index contributed by atoms with van der Waals surface area (Å²) in [6.45, 7) is 0. The van der Waals surface area contributed by atoms with E-state index < -0.39 is 11.7 Å². The van der Waals surface area contributed by atoms with Crippen molar-refractivity contribution in [2.45, 2.75) is 11.9 Å². The predicted molar refractivity (Wildman–Crippen MR) is 96.1 cm³/mol. The Morgan fingerprint density at radius 2 is 1.88 bits per heavy atom. The maximum Gasteiger partial charge on any atom is 0.417 e. The highest BCUT2D eigenvalue weighted by Crippen LogP contribution is 2.32. The van der Waals surface area contributed by atoms with Crippen LogP contribution >= 0.6 is 27.7 Å². The maximum absolute atomic E-state index is 12.9. The maximum atomic E-state index is 12.9. The summed E-state index contributed by atoms with van der Waals surface area (Å²) in [6.07, 6.45) is -3.41. The summed E-state index contributed by atoms with van der Waals surface area (Å²) in [7, 11) is 0. The second kappa shape index (κ2) is 8.34. The summed E-state index contributed by atoms with van der Waals surface area (Å²) in [5.41, 5.74) is 5.91. The Morgan fingerprint density at radius 3 is 2.54 bits per heavy atom. The predicted octanol–water partition coefficient (Wildman–Crippen LogP) is 5.05. The van der Waals surface area contributed by atoms with Crippen LogP contribution in [-0.4, -0.2) is 11.4 Å². The largest absolute Gasteiger partial charge is 0.417 e. The molecule has 126 valence electrons. The molecule has 2 aromatic carbocycles. The summed E-state index contributed by atoms with van der Waals surface area (Å²) in [4.78, 5) is 0. The van der Waals surface area contributed by atoms with Crippen LogP contribution in [0.2, 0.25) is 0 Å². The van der Waals surface area contributed by atoms with Crippen molar-refractivity contribution < 1.29 is 13.2 Å². The quantitative estimate of drug-likeness (QED) is 0.431. The van der Waals surface area contributed by atoms with Crippen LogP contribution in [0.15, 0.2) is 63.2 Å². The molecule has 8 heteroatoms. The Bertz CT molecular complexity index is 746. The van der Waals surface area contributed by atoms with Crippen molar-refractivity contribution in [1.82, 2.24) is 0 Å². The molecule has 24 heavy (non-hydrogen) atoms. The van der Waals surface area contributed by atoms with Crippen LogP contribution in [0.4, 0.5) is 13.2 Å². The lowest BCUT2D eigenvalue weighted by Gasteiger charge is -2.09. The van der Waals surface area contributed by atoms with Gasteiger partial charge < -0.3 is 5.73 Å². The third-order valence-electron chi connectivity index (χ3n) is 2.90.